The molecule has 2 rings (SSSR count). The molecule has 0 saturated heterocycles. The van der Waals surface area contributed by atoms with Gasteiger partial charge in [-0.3, -0.25) is 4.98 Å². The highest BCUT2D eigenvalue weighted by Gasteiger charge is 2.19. The van der Waals surface area contributed by atoms with Gasteiger partial charge in [0.2, 0.25) is 0 Å². The summed E-state index contributed by atoms with van der Waals surface area (Å²) in [6, 6.07) is 4.00. The minimum Gasteiger partial charge on any atom is -0.327 e. The van der Waals surface area contributed by atoms with E-state index in [4.69, 9.17) is 5.73 Å². The van der Waals surface area contributed by atoms with Gasteiger partial charge in [0.1, 0.15) is 0 Å². The maximum Gasteiger partial charge on any atom is 0.188 e. The molecular weight excluding hydrogens is 268 g/mol. The fourth-order valence-electron chi connectivity index (χ4n) is 1.94. The van der Waals surface area contributed by atoms with E-state index in [-0.39, 0.29) is 11.3 Å². The Balaban J connectivity index is 2.30. The molecule has 2 N–H and O–H groups in total. The number of aryl methyl sites for hydroxylation is 2. The summed E-state index contributed by atoms with van der Waals surface area (Å²) >= 11 is 1.61. The number of hydrogen-bond donors (Lipinski definition) is 1. The van der Waals surface area contributed by atoms with Crippen LogP contribution in [0.5, 0.6) is 0 Å². The van der Waals surface area contributed by atoms with Crippen molar-refractivity contribution in [1.82, 2.24) is 15.0 Å². The zero-order chi connectivity index (χ0) is 14.7. The predicted octanol–water partition coefficient (Wildman–Crippen LogP) is 2.98. The molecule has 0 radical (unpaired) electrons. The molecule has 0 aliphatic rings. The van der Waals surface area contributed by atoms with Crippen LogP contribution < -0.4 is 5.73 Å². The SMILES string of the molecule is Cc1nc(SC(c2ccncc2)C(C)N)nc(C)c1C. The van der Waals surface area contributed by atoms with Gasteiger partial charge in [-0.2, -0.15) is 0 Å². The van der Waals surface area contributed by atoms with Crippen LogP contribution in [-0.4, -0.2) is 21.0 Å². The van der Waals surface area contributed by atoms with Crippen molar-refractivity contribution in [2.45, 2.75) is 44.1 Å². The highest BCUT2D eigenvalue weighted by Crippen LogP contribution is 2.35. The molecule has 0 aliphatic heterocycles. The Labute approximate surface area is 124 Å². The van der Waals surface area contributed by atoms with Gasteiger partial charge in [-0.1, -0.05) is 11.8 Å². The number of aromatic nitrogens is 3. The van der Waals surface area contributed by atoms with E-state index in [2.05, 4.69) is 15.0 Å². The molecular formula is C15H20N4S. The molecule has 0 fully saturated rings. The number of pyridine rings is 1. The van der Waals surface area contributed by atoms with Gasteiger partial charge in [-0.15, -0.1) is 0 Å². The zero-order valence-corrected chi connectivity index (χ0v) is 13.1. The lowest BCUT2D eigenvalue weighted by Crippen LogP contribution is -2.23. The van der Waals surface area contributed by atoms with E-state index in [0.717, 1.165) is 27.7 Å². The largest absolute Gasteiger partial charge is 0.327 e. The van der Waals surface area contributed by atoms with Gasteiger partial charge >= 0.3 is 0 Å². The Morgan fingerprint density at radius 3 is 2.10 bits per heavy atom. The van der Waals surface area contributed by atoms with Crippen LogP contribution in [0.4, 0.5) is 0 Å². The fourth-order valence-corrected chi connectivity index (χ4v) is 3.05. The van der Waals surface area contributed by atoms with Crippen LogP contribution in [0.2, 0.25) is 0 Å². The summed E-state index contributed by atoms with van der Waals surface area (Å²) in [5.74, 6) is 0. The van der Waals surface area contributed by atoms with E-state index < -0.39 is 0 Å². The molecule has 4 nitrogen and oxygen atoms in total. The molecule has 2 unspecified atom stereocenters. The second-order valence-corrected chi connectivity index (χ2v) is 6.09. The van der Waals surface area contributed by atoms with Crippen molar-refractivity contribution in [3.63, 3.8) is 0 Å². The Morgan fingerprint density at radius 1 is 1.05 bits per heavy atom. The first-order chi connectivity index (χ1) is 9.49. The monoisotopic (exact) mass is 288 g/mol. The van der Waals surface area contributed by atoms with Gasteiger partial charge in [0.15, 0.2) is 5.16 Å². The molecule has 20 heavy (non-hydrogen) atoms. The fraction of sp³-hybridized carbons (Fsp3) is 0.400. The van der Waals surface area contributed by atoms with Crippen molar-refractivity contribution in [2.75, 3.05) is 0 Å². The van der Waals surface area contributed by atoms with E-state index in [9.17, 15) is 0 Å². The van der Waals surface area contributed by atoms with Crippen LogP contribution in [-0.2, 0) is 0 Å². The van der Waals surface area contributed by atoms with Crippen LogP contribution in [0.25, 0.3) is 0 Å². The van der Waals surface area contributed by atoms with Crippen LogP contribution in [0.15, 0.2) is 29.7 Å². The molecule has 0 aromatic carbocycles. The Hall–Kier alpha value is -1.46. The van der Waals surface area contributed by atoms with E-state index in [1.54, 1.807) is 24.2 Å². The quantitative estimate of drug-likeness (QED) is 0.692. The molecule has 2 atom stereocenters. The van der Waals surface area contributed by atoms with Crippen molar-refractivity contribution in [3.05, 3.63) is 47.0 Å². The van der Waals surface area contributed by atoms with Gasteiger partial charge in [0, 0.05) is 29.8 Å². The maximum absolute atomic E-state index is 6.13. The summed E-state index contributed by atoms with van der Waals surface area (Å²) < 4.78 is 0. The summed E-state index contributed by atoms with van der Waals surface area (Å²) in [6.45, 7) is 8.08. The van der Waals surface area contributed by atoms with E-state index in [1.807, 2.05) is 39.8 Å². The highest BCUT2D eigenvalue weighted by atomic mass is 32.2. The smallest absolute Gasteiger partial charge is 0.188 e. The summed E-state index contributed by atoms with van der Waals surface area (Å²) in [4.78, 5) is 13.2. The van der Waals surface area contributed by atoms with Gasteiger partial charge in [0.25, 0.3) is 0 Å². The first kappa shape index (κ1) is 14.9. The van der Waals surface area contributed by atoms with Crippen LogP contribution >= 0.6 is 11.8 Å². The standard InChI is InChI=1S/C15H20N4S/c1-9-11(3)18-15(19-12(9)4)20-14(10(2)16)13-5-7-17-8-6-13/h5-8,10,14H,16H2,1-4H3. The van der Waals surface area contributed by atoms with Gasteiger partial charge in [-0.05, 0) is 51.0 Å². The number of nitrogens with zero attached hydrogens (tertiary/aromatic N) is 3. The van der Waals surface area contributed by atoms with Crippen molar-refractivity contribution >= 4 is 11.8 Å². The minimum absolute atomic E-state index is 0.00733. The lowest BCUT2D eigenvalue weighted by Gasteiger charge is -2.20. The number of nitrogens with two attached hydrogens (primary N) is 1. The average Bonchev–Trinajstić information content (AvgIpc) is 2.42. The van der Waals surface area contributed by atoms with Crippen LogP contribution in [0.1, 0.15) is 34.7 Å². The molecule has 0 amide bonds. The van der Waals surface area contributed by atoms with Crippen molar-refractivity contribution < 1.29 is 0 Å². The summed E-state index contributed by atoms with van der Waals surface area (Å²) in [5, 5.41) is 0.907. The summed E-state index contributed by atoms with van der Waals surface area (Å²) in [7, 11) is 0. The lowest BCUT2D eigenvalue weighted by molar-refractivity contribution is 0.715. The molecule has 2 heterocycles. The Bertz CT molecular complexity index is 561. The van der Waals surface area contributed by atoms with Crippen molar-refractivity contribution in [2.24, 2.45) is 5.73 Å². The number of thioether (sulfide) groups is 1. The third-order valence-corrected chi connectivity index (χ3v) is 4.71. The second kappa shape index (κ2) is 6.33. The van der Waals surface area contributed by atoms with E-state index in [0.29, 0.717) is 0 Å². The van der Waals surface area contributed by atoms with Crippen molar-refractivity contribution in [1.29, 1.82) is 0 Å². The number of rotatable bonds is 4. The Morgan fingerprint density at radius 2 is 1.60 bits per heavy atom. The molecule has 0 aliphatic carbocycles. The van der Waals surface area contributed by atoms with Crippen molar-refractivity contribution in [3.8, 4) is 0 Å². The minimum atomic E-state index is 0.00733. The topological polar surface area (TPSA) is 64.7 Å². The average molecular weight is 288 g/mol. The molecule has 0 bridgehead atoms. The molecule has 2 aromatic heterocycles. The van der Waals surface area contributed by atoms with Crippen LogP contribution in [0, 0.1) is 20.8 Å². The first-order valence-electron chi connectivity index (χ1n) is 6.63. The highest BCUT2D eigenvalue weighted by molar-refractivity contribution is 7.99. The number of hydrogen-bond acceptors (Lipinski definition) is 5. The molecule has 106 valence electrons. The van der Waals surface area contributed by atoms with E-state index >= 15 is 0 Å². The third kappa shape index (κ3) is 3.35. The first-order valence-corrected chi connectivity index (χ1v) is 7.51. The van der Waals surface area contributed by atoms with Gasteiger partial charge in [-0.25, -0.2) is 9.97 Å². The zero-order valence-electron chi connectivity index (χ0n) is 12.3. The maximum atomic E-state index is 6.13. The lowest BCUT2D eigenvalue weighted by atomic mass is 10.1. The molecule has 0 spiro atoms. The third-order valence-electron chi connectivity index (χ3n) is 3.36. The molecule has 0 saturated carbocycles. The normalized spacial score (nSPS) is 14.1. The molecule has 5 heteroatoms. The van der Waals surface area contributed by atoms with E-state index in [1.165, 1.54) is 0 Å². The molecule has 2 aromatic rings. The second-order valence-electron chi connectivity index (χ2n) is 4.98. The summed E-state index contributed by atoms with van der Waals surface area (Å²) in [6.07, 6.45) is 3.58. The Kier molecular flexibility index (Phi) is 4.73. The predicted molar refractivity (Wildman–Crippen MR) is 82.7 cm³/mol. The van der Waals surface area contributed by atoms with Crippen LogP contribution in [0.3, 0.4) is 0 Å². The summed E-state index contributed by atoms with van der Waals surface area (Å²) in [5.41, 5.74) is 10.5. The van der Waals surface area contributed by atoms with Gasteiger partial charge in [0.05, 0.1) is 5.25 Å². The van der Waals surface area contributed by atoms with Gasteiger partial charge < -0.3 is 5.73 Å².